The van der Waals surface area contributed by atoms with Crippen molar-refractivity contribution in [2.45, 2.75) is 33.5 Å². The predicted octanol–water partition coefficient (Wildman–Crippen LogP) is 4.20. The molecule has 0 aromatic rings. The fourth-order valence-corrected chi connectivity index (χ4v) is 1.19. The molecular formula is C14H19N. The quantitative estimate of drug-likeness (QED) is 0.531. The number of hydrogen-bond donors (Lipinski definition) is 1. The van der Waals surface area contributed by atoms with Crippen molar-refractivity contribution in [3.05, 3.63) is 47.1 Å². The molecule has 0 atom stereocenters. The molecule has 0 amide bonds. The monoisotopic (exact) mass is 208 g/mol. The van der Waals surface area contributed by atoms with Crippen LogP contribution in [0.4, 0.5) is 0 Å². The number of hydrogen-bond acceptors (Lipinski definition) is 1. The molecule has 0 heterocycles. The third-order valence-corrected chi connectivity index (χ3v) is 2.24. The predicted molar refractivity (Wildman–Crippen MR) is 67.4 cm³/mol. The third kappa shape index (κ3) is 3.35. The Morgan fingerprint density at radius 1 is 1.60 bits per heavy atom. The molecule has 0 saturated carbocycles. The fourth-order valence-electron chi connectivity index (χ4n) is 1.19. The first kappa shape index (κ1) is 5.11. The van der Waals surface area contributed by atoms with Crippen LogP contribution in [0.5, 0.6) is 0 Å². The lowest BCUT2D eigenvalue weighted by Gasteiger charge is -2.11. The van der Waals surface area contributed by atoms with E-state index in [0.717, 1.165) is 0 Å². The van der Waals surface area contributed by atoms with Crippen molar-refractivity contribution in [3.63, 3.8) is 0 Å². The molecule has 15 heavy (non-hydrogen) atoms. The summed E-state index contributed by atoms with van der Waals surface area (Å²) in [6, 6.07) is -0.196. The van der Waals surface area contributed by atoms with E-state index in [4.69, 9.17) is 15.0 Å². The fraction of sp³-hybridized carbons (Fsp3) is 0.357. The molecule has 80 valence electrons. The summed E-state index contributed by atoms with van der Waals surface area (Å²) in [5, 5.41) is 8.03. The molecule has 1 aliphatic carbocycles. The lowest BCUT2D eigenvalue weighted by atomic mass is 9.94. The van der Waals surface area contributed by atoms with E-state index in [2.05, 4.69) is 6.58 Å². The van der Waals surface area contributed by atoms with Gasteiger partial charge < -0.3 is 5.41 Å². The zero-order valence-corrected chi connectivity index (χ0v) is 8.78. The first-order chi connectivity index (χ1) is 9.85. The minimum absolute atomic E-state index is 0.0938. The van der Waals surface area contributed by atoms with Crippen LogP contribution >= 0.6 is 0 Å². The molecule has 1 nitrogen and oxygen atoms in total. The second-order valence-corrected chi connectivity index (χ2v) is 3.49. The molecule has 0 aromatic heterocycles. The van der Waals surface area contributed by atoms with Gasteiger partial charge >= 0.3 is 0 Å². The van der Waals surface area contributed by atoms with E-state index in [9.17, 15) is 0 Å². The highest BCUT2D eigenvalue weighted by molar-refractivity contribution is 6.07. The number of rotatable bonds is 3. The Morgan fingerprint density at radius 3 is 2.93 bits per heavy atom. The van der Waals surface area contributed by atoms with Crippen LogP contribution in [0.1, 0.15) is 43.1 Å². The molecule has 0 aliphatic heterocycles. The van der Waals surface area contributed by atoms with Gasteiger partial charge in [-0.25, -0.2) is 0 Å². The van der Waals surface area contributed by atoms with Crippen molar-refractivity contribution in [3.8, 4) is 0 Å². The zero-order chi connectivity index (χ0) is 17.3. The molecule has 0 unspecified atom stereocenters. The van der Waals surface area contributed by atoms with Crippen LogP contribution in [-0.2, 0) is 0 Å². The van der Waals surface area contributed by atoms with Crippen molar-refractivity contribution >= 4 is 5.71 Å². The molecule has 0 fully saturated rings. The molecule has 1 rings (SSSR count). The lowest BCUT2D eigenvalue weighted by molar-refractivity contribution is 0.936. The summed E-state index contributed by atoms with van der Waals surface area (Å²) in [6.45, 7) is 0.393. The maximum atomic E-state index is 8.03. The largest absolute Gasteiger partial charge is 0.301 e. The van der Waals surface area contributed by atoms with E-state index in [1.807, 2.05) is 0 Å². The van der Waals surface area contributed by atoms with Gasteiger partial charge in [-0.05, 0) is 50.7 Å². The first-order valence-electron chi connectivity index (χ1n) is 8.22. The molecule has 0 spiro atoms. The van der Waals surface area contributed by atoms with Crippen molar-refractivity contribution in [2.24, 2.45) is 0 Å². The van der Waals surface area contributed by atoms with Crippen molar-refractivity contribution in [1.82, 2.24) is 0 Å². The van der Waals surface area contributed by atoms with Gasteiger partial charge in [-0.15, -0.1) is 0 Å². The van der Waals surface area contributed by atoms with Gasteiger partial charge in [0.1, 0.15) is 0 Å². The molecule has 1 N–H and O–H groups in total. The van der Waals surface area contributed by atoms with Crippen molar-refractivity contribution in [2.75, 3.05) is 0 Å². The average Bonchev–Trinajstić information content (AvgIpc) is 2.42. The second kappa shape index (κ2) is 4.92. The summed E-state index contributed by atoms with van der Waals surface area (Å²) in [5.41, 5.74) is 0.747. The highest BCUT2D eigenvalue weighted by Crippen LogP contribution is 2.19. The summed E-state index contributed by atoms with van der Waals surface area (Å²) in [6.07, 6.45) is 3.63. The van der Waals surface area contributed by atoms with Gasteiger partial charge in [0.05, 0.1) is 7.08 Å². The summed E-state index contributed by atoms with van der Waals surface area (Å²) in [4.78, 5) is 0. The molecule has 1 aliphatic rings. The number of allylic oxidation sites excluding steroid dienone is 7. The van der Waals surface area contributed by atoms with Crippen molar-refractivity contribution < 1.29 is 9.60 Å². The molecular weight excluding hydrogens is 182 g/mol. The summed E-state index contributed by atoms with van der Waals surface area (Å²) >= 11 is 0. The van der Waals surface area contributed by atoms with E-state index in [-0.39, 0.29) is 22.9 Å². The van der Waals surface area contributed by atoms with Gasteiger partial charge in [-0.3, -0.25) is 0 Å². The Hall–Kier alpha value is -1.37. The summed E-state index contributed by atoms with van der Waals surface area (Å²) in [7, 11) is 0. The molecule has 0 saturated heterocycles. The van der Waals surface area contributed by atoms with Gasteiger partial charge in [0.2, 0.25) is 0 Å². The normalized spacial score (nSPS) is 26.1. The van der Waals surface area contributed by atoms with Crippen LogP contribution in [0.25, 0.3) is 0 Å². The zero-order valence-electron chi connectivity index (χ0n) is 15.8. The van der Waals surface area contributed by atoms with Crippen molar-refractivity contribution in [1.29, 1.82) is 5.41 Å². The summed E-state index contributed by atoms with van der Waals surface area (Å²) < 4.78 is 51.9. The second-order valence-electron chi connectivity index (χ2n) is 3.49. The van der Waals surface area contributed by atoms with Gasteiger partial charge in [-0.2, -0.15) is 0 Å². The van der Waals surface area contributed by atoms with Crippen LogP contribution < -0.4 is 0 Å². The van der Waals surface area contributed by atoms with E-state index in [1.165, 1.54) is 19.1 Å². The Morgan fingerprint density at radius 2 is 2.40 bits per heavy atom. The highest BCUT2D eigenvalue weighted by atomic mass is 14.4. The Balaban J connectivity index is 3.06. The minimum Gasteiger partial charge on any atom is -0.301 e. The van der Waals surface area contributed by atoms with Crippen LogP contribution in [0.2, 0.25) is 0 Å². The SMILES string of the molecule is [2H]/C(C(=N)C1=CC=C(C([2H])([2H])[2H])CC1)=C(\C)C(=C)C([2H])([2H])[2H]. The van der Waals surface area contributed by atoms with E-state index in [0.29, 0.717) is 24.0 Å². The topological polar surface area (TPSA) is 23.9 Å². The van der Waals surface area contributed by atoms with Crippen LogP contribution in [-0.4, -0.2) is 5.71 Å². The molecule has 0 bridgehead atoms. The van der Waals surface area contributed by atoms with Gasteiger partial charge in [0.25, 0.3) is 0 Å². The Kier molecular flexibility index (Phi) is 1.68. The smallest absolute Gasteiger partial charge is 0.0648 e. The van der Waals surface area contributed by atoms with E-state index in [1.54, 1.807) is 0 Å². The maximum absolute atomic E-state index is 8.03. The lowest BCUT2D eigenvalue weighted by Crippen LogP contribution is -2.02. The van der Waals surface area contributed by atoms with Crippen LogP contribution in [0.15, 0.2) is 47.1 Å². The molecule has 0 aromatic carbocycles. The maximum Gasteiger partial charge on any atom is 0.0648 e. The first-order valence-corrected chi connectivity index (χ1v) is 4.72. The van der Waals surface area contributed by atoms with E-state index < -0.39 is 13.7 Å². The standard InChI is InChI=1S/C14H19N/c1-10(2)12(4)9-14(15)13-7-5-11(3)6-8-13/h5,7,9,15H,1,6,8H2,2-4H3/b12-9-,15-14?/i2D3,3D3,9D. The Labute approximate surface area is 102 Å². The molecule has 1 heteroatoms. The third-order valence-electron chi connectivity index (χ3n) is 2.24. The van der Waals surface area contributed by atoms with Crippen LogP contribution in [0.3, 0.4) is 0 Å². The minimum atomic E-state index is -2.40. The Bertz CT molecular complexity index is 585. The van der Waals surface area contributed by atoms with Crippen LogP contribution in [0, 0.1) is 5.41 Å². The number of nitrogens with one attached hydrogen (secondary N) is 1. The highest BCUT2D eigenvalue weighted by Gasteiger charge is 2.07. The van der Waals surface area contributed by atoms with E-state index >= 15 is 0 Å². The van der Waals surface area contributed by atoms with Gasteiger partial charge in [-0.1, -0.05) is 29.9 Å². The molecule has 0 radical (unpaired) electrons. The average molecular weight is 208 g/mol. The van der Waals surface area contributed by atoms with Gasteiger partial charge in [0, 0.05) is 8.22 Å². The van der Waals surface area contributed by atoms with Gasteiger partial charge in [0.15, 0.2) is 0 Å². The summed E-state index contributed by atoms with van der Waals surface area (Å²) in [5.74, 6) is 0.